The van der Waals surface area contributed by atoms with Gasteiger partial charge in [-0.2, -0.15) is 0 Å². The van der Waals surface area contributed by atoms with Crippen molar-refractivity contribution >= 4 is 21.7 Å². The van der Waals surface area contributed by atoms with E-state index in [2.05, 4.69) is 59.6 Å². The van der Waals surface area contributed by atoms with E-state index in [1.54, 1.807) is 0 Å². The molecule has 0 fully saturated rings. The molecule has 0 aliphatic heterocycles. The van der Waals surface area contributed by atoms with E-state index < -0.39 is 0 Å². The van der Waals surface area contributed by atoms with E-state index >= 15 is 0 Å². The second-order valence-corrected chi connectivity index (χ2v) is 5.27. The molecule has 1 heterocycles. The molecule has 20 heavy (non-hydrogen) atoms. The maximum Gasteiger partial charge on any atom is 0.0708 e. The van der Waals surface area contributed by atoms with Crippen molar-refractivity contribution in [1.82, 2.24) is 4.98 Å². The van der Waals surface area contributed by atoms with Crippen molar-refractivity contribution in [1.29, 1.82) is 0 Å². The minimum atomic E-state index is 1.07. The van der Waals surface area contributed by atoms with Gasteiger partial charge in [0.25, 0.3) is 0 Å². The van der Waals surface area contributed by atoms with Crippen LogP contribution in [0.15, 0.2) is 66.9 Å². The molecule has 5 rings (SSSR count). The highest BCUT2D eigenvalue weighted by Gasteiger charge is 2.22. The van der Waals surface area contributed by atoms with Gasteiger partial charge in [0, 0.05) is 22.7 Å². The van der Waals surface area contributed by atoms with Crippen LogP contribution in [0.3, 0.4) is 0 Å². The van der Waals surface area contributed by atoms with Crippen LogP contribution < -0.4 is 0 Å². The molecule has 1 nitrogen and oxygen atoms in total. The Hall–Kier alpha value is -2.67. The molecule has 1 aliphatic rings. The zero-order chi connectivity index (χ0) is 13.1. The zero-order valence-corrected chi connectivity index (χ0v) is 10.8. The molecule has 0 bridgehead atoms. The van der Waals surface area contributed by atoms with Crippen molar-refractivity contribution in [3.8, 4) is 22.3 Å². The largest absolute Gasteiger partial charge is 0.256 e. The van der Waals surface area contributed by atoms with Gasteiger partial charge in [0.1, 0.15) is 0 Å². The van der Waals surface area contributed by atoms with Crippen molar-refractivity contribution in [3.63, 3.8) is 0 Å². The van der Waals surface area contributed by atoms with Gasteiger partial charge in [0.2, 0.25) is 0 Å². The van der Waals surface area contributed by atoms with Crippen LogP contribution in [0, 0.1) is 0 Å². The van der Waals surface area contributed by atoms with Gasteiger partial charge in [0.15, 0.2) is 0 Å². The Morgan fingerprint density at radius 3 is 2.35 bits per heavy atom. The van der Waals surface area contributed by atoms with E-state index in [1.807, 2.05) is 12.3 Å². The monoisotopic (exact) mass is 253 g/mol. The van der Waals surface area contributed by atoms with E-state index in [-0.39, 0.29) is 0 Å². The molecule has 0 amide bonds. The molecule has 1 aromatic heterocycles. The fraction of sp³-hybridized carbons (Fsp3) is 0. The number of fused-ring (bicyclic) bond motifs is 5. The average molecular weight is 253 g/mol. The van der Waals surface area contributed by atoms with Crippen LogP contribution in [-0.2, 0) is 0 Å². The van der Waals surface area contributed by atoms with Gasteiger partial charge >= 0.3 is 0 Å². The lowest BCUT2D eigenvalue weighted by Crippen LogP contribution is -1.84. The molecule has 0 radical (unpaired) electrons. The molecule has 1 heteroatoms. The second-order valence-electron chi connectivity index (χ2n) is 5.27. The fourth-order valence-electron chi connectivity index (χ4n) is 3.41. The average Bonchev–Trinajstić information content (AvgIpc) is 2.85. The molecule has 92 valence electrons. The highest BCUT2D eigenvalue weighted by atomic mass is 14.7. The standard InChI is InChI=1S/C19H11N/c1-2-10-17-14(7-1)19-15-9-4-6-12-5-3-8-13(18(12)15)16(19)11-20-17/h1-11H. The van der Waals surface area contributed by atoms with Crippen molar-refractivity contribution in [2.75, 3.05) is 0 Å². The minimum absolute atomic E-state index is 1.07. The summed E-state index contributed by atoms with van der Waals surface area (Å²) < 4.78 is 0. The normalized spacial score (nSPS) is 12.0. The van der Waals surface area contributed by atoms with Gasteiger partial charge in [0.05, 0.1) is 5.52 Å². The van der Waals surface area contributed by atoms with Crippen molar-refractivity contribution < 1.29 is 0 Å². The summed E-state index contributed by atoms with van der Waals surface area (Å²) >= 11 is 0. The summed E-state index contributed by atoms with van der Waals surface area (Å²) in [5, 5.41) is 3.91. The molecule has 1 aliphatic carbocycles. The molecular formula is C19H11N. The van der Waals surface area contributed by atoms with Crippen LogP contribution in [0.5, 0.6) is 0 Å². The third-order valence-electron chi connectivity index (χ3n) is 4.24. The summed E-state index contributed by atoms with van der Waals surface area (Å²) in [6.07, 6.45) is 2.02. The van der Waals surface area contributed by atoms with Crippen molar-refractivity contribution in [2.45, 2.75) is 0 Å². The number of nitrogens with zero attached hydrogens (tertiary/aromatic N) is 1. The van der Waals surface area contributed by atoms with Crippen LogP contribution in [-0.4, -0.2) is 4.98 Å². The molecule has 0 unspecified atom stereocenters. The quantitative estimate of drug-likeness (QED) is 0.377. The Morgan fingerprint density at radius 1 is 0.650 bits per heavy atom. The van der Waals surface area contributed by atoms with Crippen LogP contribution in [0.2, 0.25) is 0 Å². The first-order valence-electron chi connectivity index (χ1n) is 6.84. The summed E-state index contributed by atoms with van der Waals surface area (Å²) in [5.74, 6) is 0. The maximum absolute atomic E-state index is 4.62. The van der Waals surface area contributed by atoms with Gasteiger partial charge in [-0.3, -0.25) is 4.98 Å². The topological polar surface area (TPSA) is 12.9 Å². The summed E-state index contributed by atoms with van der Waals surface area (Å²) in [4.78, 5) is 4.62. The Labute approximate surface area is 116 Å². The van der Waals surface area contributed by atoms with E-state index in [0.29, 0.717) is 0 Å². The van der Waals surface area contributed by atoms with Gasteiger partial charge in [-0.05, 0) is 28.0 Å². The first-order chi connectivity index (χ1) is 9.93. The third-order valence-corrected chi connectivity index (χ3v) is 4.24. The van der Waals surface area contributed by atoms with Crippen LogP contribution in [0.25, 0.3) is 43.9 Å². The zero-order valence-electron chi connectivity index (χ0n) is 10.8. The lowest BCUT2D eigenvalue weighted by Gasteiger charge is -2.06. The van der Waals surface area contributed by atoms with Gasteiger partial charge < -0.3 is 0 Å². The SMILES string of the molecule is c1cc2c3c(cccc3c1)-c1c-2cnc2ccccc12. The van der Waals surface area contributed by atoms with Gasteiger partial charge in [-0.1, -0.05) is 54.6 Å². The second kappa shape index (κ2) is 3.45. The molecule has 0 spiro atoms. The summed E-state index contributed by atoms with van der Waals surface area (Å²) in [5.41, 5.74) is 6.31. The Kier molecular flexibility index (Phi) is 1.75. The number of aromatic nitrogens is 1. The summed E-state index contributed by atoms with van der Waals surface area (Å²) in [6.45, 7) is 0. The molecular weight excluding hydrogens is 242 g/mol. The van der Waals surface area contributed by atoms with Crippen LogP contribution in [0.4, 0.5) is 0 Å². The highest BCUT2D eigenvalue weighted by Crippen LogP contribution is 2.49. The third kappa shape index (κ3) is 1.11. The smallest absolute Gasteiger partial charge is 0.0708 e. The van der Waals surface area contributed by atoms with E-state index in [9.17, 15) is 0 Å². The molecule has 4 aromatic rings. The lowest BCUT2D eigenvalue weighted by molar-refractivity contribution is 1.42. The van der Waals surface area contributed by atoms with Crippen molar-refractivity contribution in [3.05, 3.63) is 66.9 Å². The van der Waals surface area contributed by atoms with Gasteiger partial charge in [-0.15, -0.1) is 0 Å². The van der Waals surface area contributed by atoms with Crippen LogP contribution in [0.1, 0.15) is 0 Å². The van der Waals surface area contributed by atoms with E-state index in [0.717, 1.165) is 5.52 Å². The molecule has 3 aromatic carbocycles. The summed E-state index contributed by atoms with van der Waals surface area (Å²) in [6, 6.07) is 21.5. The Balaban J connectivity index is 2.08. The Bertz CT molecular complexity index is 994. The lowest BCUT2D eigenvalue weighted by atomic mass is 10.0. The fourth-order valence-corrected chi connectivity index (χ4v) is 3.41. The van der Waals surface area contributed by atoms with E-state index in [4.69, 9.17) is 0 Å². The number of hydrogen-bond acceptors (Lipinski definition) is 1. The van der Waals surface area contributed by atoms with Crippen molar-refractivity contribution in [2.24, 2.45) is 0 Å². The molecule has 0 N–H and O–H groups in total. The first kappa shape index (κ1) is 10.2. The molecule has 0 atom stereocenters. The van der Waals surface area contributed by atoms with Crippen LogP contribution >= 0.6 is 0 Å². The number of pyridine rings is 1. The predicted octanol–water partition coefficient (Wildman–Crippen LogP) is 5.04. The summed E-state index contributed by atoms with van der Waals surface area (Å²) in [7, 11) is 0. The van der Waals surface area contributed by atoms with Gasteiger partial charge in [-0.25, -0.2) is 0 Å². The maximum atomic E-state index is 4.62. The molecule has 0 saturated carbocycles. The highest BCUT2D eigenvalue weighted by molar-refractivity contribution is 6.20. The first-order valence-corrected chi connectivity index (χ1v) is 6.84. The minimum Gasteiger partial charge on any atom is -0.256 e. The number of para-hydroxylation sites is 1. The Morgan fingerprint density at radius 2 is 1.45 bits per heavy atom. The number of hydrogen-bond donors (Lipinski definition) is 0. The molecule has 0 saturated heterocycles. The number of benzene rings is 3. The predicted molar refractivity (Wildman–Crippen MR) is 83.7 cm³/mol. The van der Waals surface area contributed by atoms with E-state index in [1.165, 1.54) is 38.4 Å². The number of rotatable bonds is 0.